The summed E-state index contributed by atoms with van der Waals surface area (Å²) in [5, 5.41) is 12.8. The lowest BCUT2D eigenvalue weighted by Crippen LogP contribution is -2.29. The summed E-state index contributed by atoms with van der Waals surface area (Å²) in [7, 11) is 1.65. The van der Waals surface area contributed by atoms with E-state index in [2.05, 4.69) is 15.5 Å². The number of hydrogen-bond donors (Lipinski definition) is 1. The van der Waals surface area contributed by atoms with Gasteiger partial charge >= 0.3 is 0 Å². The fourth-order valence-electron chi connectivity index (χ4n) is 2.98. The molecule has 10 heteroatoms. The fraction of sp³-hybridized carbons (Fsp3) is 0.200. The Morgan fingerprint density at radius 2 is 1.93 bits per heavy atom. The third-order valence-corrected chi connectivity index (χ3v) is 5.62. The van der Waals surface area contributed by atoms with E-state index in [1.165, 1.54) is 16.3 Å². The van der Waals surface area contributed by atoms with Gasteiger partial charge in [0.15, 0.2) is 5.16 Å². The molecule has 0 bridgehead atoms. The molecule has 4 rings (SSSR count). The zero-order valence-electron chi connectivity index (χ0n) is 16.0. The van der Waals surface area contributed by atoms with Crippen molar-refractivity contribution in [1.82, 2.24) is 24.5 Å². The third kappa shape index (κ3) is 4.12. The number of aryl methyl sites for hydroxylation is 1. The molecule has 0 fully saturated rings. The van der Waals surface area contributed by atoms with E-state index in [-0.39, 0.29) is 17.2 Å². The number of ether oxygens (including phenoxy) is 1. The summed E-state index contributed by atoms with van der Waals surface area (Å²) >= 11 is 7.09. The number of hydrogen-bond acceptors (Lipinski definition) is 6. The van der Waals surface area contributed by atoms with Crippen molar-refractivity contribution in [2.75, 3.05) is 18.9 Å². The van der Waals surface area contributed by atoms with Crippen LogP contribution in [0.25, 0.3) is 16.7 Å². The highest BCUT2D eigenvalue weighted by Crippen LogP contribution is 2.21. The van der Waals surface area contributed by atoms with Gasteiger partial charge in [0.05, 0.1) is 23.2 Å². The predicted molar refractivity (Wildman–Crippen MR) is 116 cm³/mol. The van der Waals surface area contributed by atoms with Crippen LogP contribution >= 0.6 is 23.4 Å². The molecule has 8 nitrogen and oxygen atoms in total. The zero-order valence-corrected chi connectivity index (χ0v) is 17.6. The molecule has 1 N–H and O–H groups in total. The molecule has 2 aromatic carbocycles. The molecule has 0 spiro atoms. The molecular weight excluding hydrogens is 426 g/mol. The maximum absolute atomic E-state index is 12.5. The number of fused-ring (bicyclic) bond motifs is 3. The Hall–Kier alpha value is -3.04. The fourth-order valence-corrected chi connectivity index (χ4v) is 3.87. The lowest BCUT2D eigenvalue weighted by molar-refractivity contribution is -0.118. The number of carbonyl (C=O) groups is 1. The van der Waals surface area contributed by atoms with Crippen LogP contribution in [0, 0.1) is 0 Å². The van der Waals surface area contributed by atoms with Gasteiger partial charge in [-0.05, 0) is 36.4 Å². The predicted octanol–water partition coefficient (Wildman–Crippen LogP) is 2.52. The first kappa shape index (κ1) is 20.2. The van der Waals surface area contributed by atoms with Crippen LogP contribution in [0.5, 0.6) is 5.75 Å². The first-order valence-electron chi connectivity index (χ1n) is 9.15. The summed E-state index contributed by atoms with van der Waals surface area (Å²) in [5.41, 5.74) is 0.570. The zero-order chi connectivity index (χ0) is 21.1. The molecule has 30 heavy (non-hydrogen) atoms. The Morgan fingerprint density at radius 1 is 1.17 bits per heavy atom. The quantitative estimate of drug-likeness (QED) is 0.348. The number of thioether (sulfide) groups is 1. The van der Waals surface area contributed by atoms with Crippen molar-refractivity contribution in [3.8, 4) is 5.75 Å². The summed E-state index contributed by atoms with van der Waals surface area (Å²) in [5.74, 6) is 1.14. The van der Waals surface area contributed by atoms with E-state index in [4.69, 9.17) is 16.3 Å². The second-order valence-electron chi connectivity index (χ2n) is 6.44. The number of benzene rings is 2. The lowest BCUT2D eigenvalue weighted by atomic mass is 10.2. The monoisotopic (exact) mass is 443 g/mol. The molecule has 0 aliphatic heterocycles. The third-order valence-electron chi connectivity index (χ3n) is 4.44. The van der Waals surface area contributed by atoms with E-state index < -0.39 is 0 Å². The minimum atomic E-state index is -0.148. The molecule has 154 valence electrons. The lowest BCUT2D eigenvalue weighted by Gasteiger charge is -2.08. The average Bonchev–Trinajstić information content (AvgIpc) is 3.19. The van der Waals surface area contributed by atoms with Crippen molar-refractivity contribution in [3.05, 3.63) is 63.9 Å². The SMILES string of the molecule is Cn1c(=O)c2ccccc2n2c(SCC(=O)NCCOc3ccc(Cl)cc3)nnc12. The van der Waals surface area contributed by atoms with Gasteiger partial charge in [0.2, 0.25) is 11.7 Å². The number of aromatic nitrogens is 4. The highest BCUT2D eigenvalue weighted by Gasteiger charge is 2.15. The van der Waals surface area contributed by atoms with Gasteiger partial charge in [-0.25, -0.2) is 0 Å². The molecule has 1 amide bonds. The summed E-state index contributed by atoms with van der Waals surface area (Å²) in [4.78, 5) is 24.7. The Bertz CT molecular complexity index is 1270. The first-order valence-corrected chi connectivity index (χ1v) is 10.5. The van der Waals surface area contributed by atoms with Crippen LogP contribution < -0.4 is 15.6 Å². The van der Waals surface area contributed by atoms with Crippen molar-refractivity contribution < 1.29 is 9.53 Å². The maximum Gasteiger partial charge on any atom is 0.262 e. The number of amides is 1. The molecule has 0 atom stereocenters. The molecule has 4 aromatic rings. The van der Waals surface area contributed by atoms with E-state index in [0.717, 1.165) is 0 Å². The van der Waals surface area contributed by atoms with Crippen molar-refractivity contribution in [2.24, 2.45) is 7.05 Å². The minimum Gasteiger partial charge on any atom is -0.492 e. The van der Waals surface area contributed by atoms with E-state index in [9.17, 15) is 9.59 Å². The van der Waals surface area contributed by atoms with E-state index in [1.807, 2.05) is 18.2 Å². The Labute approximate surface area is 180 Å². The molecule has 0 saturated heterocycles. The maximum atomic E-state index is 12.5. The molecule has 0 aliphatic rings. The van der Waals surface area contributed by atoms with Crippen LogP contribution in [0.1, 0.15) is 0 Å². The molecule has 2 aromatic heterocycles. The number of para-hydroxylation sites is 1. The van der Waals surface area contributed by atoms with Gasteiger partial charge in [0.25, 0.3) is 5.56 Å². The average molecular weight is 444 g/mol. The van der Waals surface area contributed by atoms with E-state index in [1.54, 1.807) is 41.8 Å². The van der Waals surface area contributed by atoms with Gasteiger partial charge in [-0.2, -0.15) is 0 Å². The van der Waals surface area contributed by atoms with Crippen LogP contribution in [0.15, 0.2) is 58.5 Å². The number of carbonyl (C=O) groups excluding carboxylic acids is 1. The summed E-state index contributed by atoms with van der Waals surface area (Å²) < 4.78 is 8.79. The molecule has 0 radical (unpaired) electrons. The van der Waals surface area contributed by atoms with Gasteiger partial charge < -0.3 is 10.1 Å². The second-order valence-corrected chi connectivity index (χ2v) is 7.82. The Morgan fingerprint density at radius 3 is 2.73 bits per heavy atom. The molecule has 0 aliphatic carbocycles. The number of nitrogens with zero attached hydrogens (tertiary/aromatic N) is 4. The minimum absolute atomic E-state index is 0.138. The van der Waals surface area contributed by atoms with Crippen molar-refractivity contribution in [3.63, 3.8) is 0 Å². The van der Waals surface area contributed by atoms with Gasteiger partial charge in [-0.3, -0.25) is 18.6 Å². The van der Waals surface area contributed by atoms with Crippen molar-refractivity contribution >= 4 is 46.0 Å². The summed E-state index contributed by atoms with van der Waals surface area (Å²) in [6.07, 6.45) is 0. The number of rotatable bonds is 7. The van der Waals surface area contributed by atoms with E-state index >= 15 is 0 Å². The highest BCUT2D eigenvalue weighted by molar-refractivity contribution is 7.99. The topological polar surface area (TPSA) is 90.5 Å². The Balaban J connectivity index is 1.38. The molecular formula is C20H18ClN5O3S. The first-order chi connectivity index (χ1) is 14.5. The largest absolute Gasteiger partial charge is 0.492 e. The van der Waals surface area contributed by atoms with Crippen LogP contribution in [0.4, 0.5) is 0 Å². The molecule has 0 saturated carbocycles. The van der Waals surface area contributed by atoms with Gasteiger partial charge in [0.1, 0.15) is 12.4 Å². The van der Waals surface area contributed by atoms with Gasteiger partial charge in [-0.1, -0.05) is 35.5 Å². The van der Waals surface area contributed by atoms with Crippen LogP contribution in [0.2, 0.25) is 5.02 Å². The van der Waals surface area contributed by atoms with Crippen LogP contribution in [-0.2, 0) is 11.8 Å². The van der Waals surface area contributed by atoms with Gasteiger partial charge in [-0.15, -0.1) is 10.2 Å². The van der Waals surface area contributed by atoms with Gasteiger partial charge in [0, 0.05) is 12.1 Å². The van der Waals surface area contributed by atoms with Crippen molar-refractivity contribution in [2.45, 2.75) is 5.16 Å². The van der Waals surface area contributed by atoms with Crippen LogP contribution in [-0.4, -0.2) is 44.0 Å². The summed E-state index contributed by atoms with van der Waals surface area (Å²) in [6.45, 7) is 0.721. The van der Waals surface area contributed by atoms with Crippen LogP contribution in [0.3, 0.4) is 0 Å². The normalized spacial score (nSPS) is 11.1. The standard InChI is InChI=1S/C20H18ClN5O3S/c1-25-18(28)15-4-2-3-5-16(15)26-19(25)23-24-20(26)30-12-17(27)22-10-11-29-14-8-6-13(21)7-9-14/h2-9H,10-12H2,1H3,(H,22,27). The number of nitrogens with one attached hydrogen (secondary N) is 1. The van der Waals surface area contributed by atoms with Crippen molar-refractivity contribution in [1.29, 1.82) is 0 Å². The summed E-state index contributed by atoms with van der Waals surface area (Å²) in [6, 6.07) is 14.3. The highest BCUT2D eigenvalue weighted by atomic mass is 35.5. The Kier molecular flexibility index (Phi) is 5.91. The smallest absolute Gasteiger partial charge is 0.262 e. The number of halogens is 1. The second kappa shape index (κ2) is 8.76. The molecule has 2 heterocycles. The van der Waals surface area contributed by atoms with E-state index in [0.29, 0.717) is 45.8 Å². The molecule has 0 unspecified atom stereocenters.